The average molecular weight is 486 g/mol. The number of hydrogen-bond acceptors (Lipinski definition) is 7. The van der Waals surface area contributed by atoms with Crippen LogP contribution >= 0.6 is 11.8 Å². The third-order valence-electron chi connectivity index (χ3n) is 5.00. The van der Waals surface area contributed by atoms with Crippen LogP contribution in [0.2, 0.25) is 0 Å². The quantitative estimate of drug-likeness (QED) is 0.131. The fourth-order valence-corrected chi connectivity index (χ4v) is 4.03. The Morgan fingerprint density at radius 2 is 1.69 bits per heavy atom. The molecule has 0 aliphatic rings. The van der Waals surface area contributed by atoms with Crippen LogP contribution < -0.4 is 10.2 Å². The summed E-state index contributed by atoms with van der Waals surface area (Å²) in [7, 11) is 0. The SMILES string of the molecule is Cc1ccccc1C(=O)Oc1ccc(/C=N\NC(=O)CSc2nnc(C)n2-c2ccccc2)cc1. The van der Waals surface area contributed by atoms with Crippen LogP contribution in [-0.4, -0.2) is 38.6 Å². The van der Waals surface area contributed by atoms with E-state index in [1.807, 2.05) is 60.9 Å². The first-order valence-electron chi connectivity index (χ1n) is 10.8. The molecular weight excluding hydrogens is 462 g/mol. The summed E-state index contributed by atoms with van der Waals surface area (Å²) in [6.07, 6.45) is 1.52. The molecule has 9 heteroatoms. The zero-order valence-corrected chi connectivity index (χ0v) is 20.0. The fourth-order valence-electron chi connectivity index (χ4n) is 3.24. The molecule has 4 rings (SSSR count). The molecule has 3 aromatic carbocycles. The number of esters is 1. The number of carbonyl (C=O) groups excluding carboxylic acids is 2. The third kappa shape index (κ3) is 6.21. The molecule has 0 atom stereocenters. The second kappa shape index (κ2) is 11.3. The summed E-state index contributed by atoms with van der Waals surface area (Å²) in [4.78, 5) is 24.6. The number of thioether (sulfide) groups is 1. The summed E-state index contributed by atoms with van der Waals surface area (Å²) < 4.78 is 7.32. The van der Waals surface area contributed by atoms with Crippen molar-refractivity contribution in [3.63, 3.8) is 0 Å². The predicted octanol–water partition coefficient (Wildman–Crippen LogP) is 4.35. The zero-order valence-electron chi connectivity index (χ0n) is 19.2. The van der Waals surface area contributed by atoms with Gasteiger partial charge in [0.2, 0.25) is 0 Å². The number of aryl methyl sites for hydroxylation is 2. The van der Waals surface area contributed by atoms with Gasteiger partial charge < -0.3 is 4.74 Å². The summed E-state index contributed by atoms with van der Waals surface area (Å²) in [6.45, 7) is 3.72. The van der Waals surface area contributed by atoms with E-state index in [0.717, 1.165) is 22.6 Å². The van der Waals surface area contributed by atoms with Crippen molar-refractivity contribution in [1.29, 1.82) is 0 Å². The molecule has 0 spiro atoms. The van der Waals surface area contributed by atoms with E-state index in [0.29, 0.717) is 16.5 Å². The van der Waals surface area contributed by atoms with Gasteiger partial charge in [-0.1, -0.05) is 48.2 Å². The van der Waals surface area contributed by atoms with Crippen molar-refractivity contribution in [2.24, 2.45) is 5.10 Å². The smallest absolute Gasteiger partial charge is 0.343 e. The highest BCUT2D eigenvalue weighted by Gasteiger charge is 2.13. The molecule has 1 aromatic heterocycles. The normalized spacial score (nSPS) is 10.9. The number of carbonyl (C=O) groups is 2. The van der Waals surface area contributed by atoms with Crippen molar-refractivity contribution >= 4 is 29.9 Å². The molecule has 1 N–H and O–H groups in total. The number of benzene rings is 3. The molecule has 0 bridgehead atoms. The molecule has 176 valence electrons. The van der Waals surface area contributed by atoms with Crippen molar-refractivity contribution in [3.05, 3.63) is 101 Å². The first-order chi connectivity index (χ1) is 17.0. The minimum absolute atomic E-state index is 0.135. The van der Waals surface area contributed by atoms with E-state index < -0.39 is 5.97 Å². The molecule has 1 amide bonds. The topological polar surface area (TPSA) is 98.5 Å². The molecule has 0 fully saturated rings. The van der Waals surface area contributed by atoms with Crippen LogP contribution in [0.3, 0.4) is 0 Å². The van der Waals surface area contributed by atoms with Gasteiger partial charge in [0.1, 0.15) is 11.6 Å². The van der Waals surface area contributed by atoms with Gasteiger partial charge in [-0.3, -0.25) is 9.36 Å². The van der Waals surface area contributed by atoms with E-state index >= 15 is 0 Å². The lowest BCUT2D eigenvalue weighted by Gasteiger charge is -2.07. The Balaban J connectivity index is 1.28. The van der Waals surface area contributed by atoms with Gasteiger partial charge in [0, 0.05) is 5.69 Å². The Hall–Kier alpha value is -4.24. The van der Waals surface area contributed by atoms with Crippen LogP contribution in [0.5, 0.6) is 5.75 Å². The van der Waals surface area contributed by atoms with Crippen molar-refractivity contribution < 1.29 is 14.3 Å². The molecule has 0 aliphatic heterocycles. The molecule has 4 aromatic rings. The average Bonchev–Trinajstić information content (AvgIpc) is 3.24. The van der Waals surface area contributed by atoms with Crippen LogP contribution in [0.1, 0.15) is 27.3 Å². The number of ether oxygens (including phenoxy) is 1. The van der Waals surface area contributed by atoms with E-state index in [1.54, 1.807) is 36.4 Å². The Morgan fingerprint density at radius 3 is 2.43 bits per heavy atom. The molecule has 0 unspecified atom stereocenters. The fraction of sp³-hybridized carbons (Fsp3) is 0.115. The number of aromatic nitrogens is 3. The Morgan fingerprint density at radius 1 is 0.971 bits per heavy atom. The highest BCUT2D eigenvalue weighted by atomic mass is 32.2. The molecule has 0 saturated carbocycles. The summed E-state index contributed by atoms with van der Waals surface area (Å²) in [5.74, 6) is 0.623. The standard InChI is InChI=1S/C26H23N5O3S/c1-18-8-6-7-11-23(18)25(33)34-22-14-12-20(13-15-22)16-27-29-24(32)17-35-26-30-28-19(2)31(26)21-9-4-3-5-10-21/h3-16H,17H2,1-2H3,(H,29,32)/b27-16-. The lowest BCUT2D eigenvalue weighted by molar-refractivity contribution is -0.118. The molecule has 1 heterocycles. The second-order valence-electron chi connectivity index (χ2n) is 7.56. The number of hydrazone groups is 1. The molecular formula is C26H23N5O3S. The maximum Gasteiger partial charge on any atom is 0.343 e. The van der Waals surface area contributed by atoms with Gasteiger partial charge in [-0.05, 0) is 67.4 Å². The monoisotopic (exact) mass is 485 g/mol. The van der Waals surface area contributed by atoms with E-state index in [-0.39, 0.29) is 11.7 Å². The van der Waals surface area contributed by atoms with Gasteiger partial charge in [-0.2, -0.15) is 5.10 Å². The largest absolute Gasteiger partial charge is 0.423 e. The minimum atomic E-state index is -0.410. The highest BCUT2D eigenvalue weighted by Crippen LogP contribution is 2.21. The number of amides is 1. The number of para-hydroxylation sites is 1. The highest BCUT2D eigenvalue weighted by molar-refractivity contribution is 7.99. The second-order valence-corrected chi connectivity index (χ2v) is 8.50. The molecule has 8 nitrogen and oxygen atoms in total. The summed E-state index contributed by atoms with van der Waals surface area (Å²) >= 11 is 1.28. The van der Waals surface area contributed by atoms with Crippen LogP contribution in [0, 0.1) is 13.8 Å². The van der Waals surface area contributed by atoms with Crippen LogP contribution in [-0.2, 0) is 4.79 Å². The Bertz CT molecular complexity index is 1350. The number of rotatable bonds is 8. The lowest BCUT2D eigenvalue weighted by atomic mass is 10.1. The van der Waals surface area contributed by atoms with E-state index in [2.05, 4.69) is 20.7 Å². The summed E-state index contributed by atoms with van der Waals surface area (Å²) in [5, 5.41) is 12.9. The van der Waals surface area contributed by atoms with E-state index in [1.165, 1.54) is 18.0 Å². The molecule has 35 heavy (non-hydrogen) atoms. The van der Waals surface area contributed by atoms with Crippen LogP contribution in [0.25, 0.3) is 5.69 Å². The van der Waals surface area contributed by atoms with Gasteiger partial charge in [0.25, 0.3) is 5.91 Å². The maximum absolute atomic E-state index is 12.3. The van der Waals surface area contributed by atoms with Crippen molar-refractivity contribution in [1.82, 2.24) is 20.2 Å². The first kappa shape index (κ1) is 23.9. The maximum atomic E-state index is 12.3. The number of nitrogens with zero attached hydrogens (tertiary/aromatic N) is 4. The number of hydrogen-bond donors (Lipinski definition) is 1. The van der Waals surface area contributed by atoms with Gasteiger partial charge in [-0.25, -0.2) is 10.2 Å². The number of nitrogens with one attached hydrogen (secondary N) is 1. The first-order valence-corrected chi connectivity index (χ1v) is 11.8. The van der Waals surface area contributed by atoms with Gasteiger partial charge >= 0.3 is 5.97 Å². The Labute approximate surface area is 207 Å². The van der Waals surface area contributed by atoms with Gasteiger partial charge in [0.05, 0.1) is 17.5 Å². The molecule has 0 saturated heterocycles. The molecule has 0 radical (unpaired) electrons. The van der Waals surface area contributed by atoms with E-state index in [4.69, 9.17) is 4.74 Å². The minimum Gasteiger partial charge on any atom is -0.423 e. The Kier molecular flexibility index (Phi) is 7.69. The van der Waals surface area contributed by atoms with Crippen molar-refractivity contribution in [2.75, 3.05) is 5.75 Å². The van der Waals surface area contributed by atoms with Gasteiger partial charge in [-0.15, -0.1) is 10.2 Å². The summed E-state index contributed by atoms with van der Waals surface area (Å²) in [5.41, 5.74) is 5.56. The predicted molar refractivity (Wildman–Crippen MR) is 135 cm³/mol. The summed E-state index contributed by atoms with van der Waals surface area (Å²) in [6, 6.07) is 23.8. The lowest BCUT2D eigenvalue weighted by Crippen LogP contribution is -2.20. The van der Waals surface area contributed by atoms with Crippen LogP contribution in [0.4, 0.5) is 0 Å². The van der Waals surface area contributed by atoms with Gasteiger partial charge in [0.15, 0.2) is 5.16 Å². The van der Waals surface area contributed by atoms with Crippen molar-refractivity contribution in [2.45, 2.75) is 19.0 Å². The third-order valence-corrected chi connectivity index (χ3v) is 5.93. The zero-order chi connectivity index (χ0) is 24.6. The van der Waals surface area contributed by atoms with Crippen LogP contribution in [0.15, 0.2) is 89.1 Å². The van der Waals surface area contributed by atoms with Crippen molar-refractivity contribution in [3.8, 4) is 11.4 Å². The molecule has 0 aliphatic carbocycles. The van der Waals surface area contributed by atoms with E-state index in [9.17, 15) is 9.59 Å².